The maximum atomic E-state index is 10.8. The summed E-state index contributed by atoms with van der Waals surface area (Å²) < 4.78 is 10.8. The Labute approximate surface area is 83.9 Å². The fourth-order valence-electron chi connectivity index (χ4n) is 0.720. The molecule has 1 heterocycles. The molecule has 0 fully saturated rings. The summed E-state index contributed by atoms with van der Waals surface area (Å²) in [5, 5.41) is -1.40. The molecular formula is C4H8N3O6P2+. The van der Waals surface area contributed by atoms with Gasteiger partial charge in [0.2, 0.25) is 5.95 Å². The average Bonchev–Trinajstić information content (AvgIpc) is 2.46. The molecule has 0 atom stereocenters. The molecule has 0 saturated carbocycles. The van der Waals surface area contributed by atoms with Crippen molar-refractivity contribution in [2.24, 2.45) is 4.99 Å². The van der Waals surface area contributed by atoms with Crippen molar-refractivity contribution in [1.29, 1.82) is 0 Å². The fraction of sp³-hybridized carbons (Fsp3) is 0. The zero-order chi connectivity index (χ0) is 11.7. The van der Waals surface area contributed by atoms with Gasteiger partial charge in [0.25, 0.3) is 0 Å². The van der Waals surface area contributed by atoms with E-state index < -0.39 is 20.7 Å². The van der Waals surface area contributed by atoms with Gasteiger partial charge in [0.15, 0.2) is 0 Å². The molecule has 0 radical (unpaired) electrons. The van der Waals surface area contributed by atoms with Gasteiger partial charge in [-0.1, -0.05) is 0 Å². The normalized spacial score (nSPS) is 14.3. The highest BCUT2D eigenvalue weighted by molar-refractivity contribution is 8.00. The molecule has 6 N–H and O–H groups in total. The van der Waals surface area contributed by atoms with Crippen molar-refractivity contribution in [1.82, 2.24) is 9.97 Å². The minimum absolute atomic E-state index is 0.255. The third-order valence-corrected chi connectivity index (χ3v) is 4.06. The van der Waals surface area contributed by atoms with Gasteiger partial charge in [-0.2, -0.15) is 19.7 Å². The highest BCUT2D eigenvalue weighted by Gasteiger charge is 2.52. The third-order valence-electron chi connectivity index (χ3n) is 1.22. The molecule has 0 saturated heterocycles. The van der Waals surface area contributed by atoms with E-state index in [0.29, 0.717) is 0 Å². The lowest BCUT2D eigenvalue weighted by Crippen LogP contribution is -2.06. The van der Waals surface area contributed by atoms with Crippen LogP contribution in [0.15, 0.2) is 17.4 Å². The molecule has 0 aliphatic rings. The molecule has 11 heteroatoms. The first kappa shape index (κ1) is 12.4. The molecule has 9 nitrogen and oxygen atoms in total. The Morgan fingerprint density at radius 1 is 1.47 bits per heavy atom. The quantitative estimate of drug-likeness (QED) is 0.308. The van der Waals surface area contributed by atoms with Crippen LogP contribution in [0, 0.1) is 0 Å². The number of hydrogen-bond donors (Lipinski definition) is 6. The lowest BCUT2D eigenvalue weighted by molar-refractivity contribution is 0.349. The lowest BCUT2D eigenvalue weighted by Gasteiger charge is -2.06. The van der Waals surface area contributed by atoms with Crippen LogP contribution in [0.25, 0.3) is 0 Å². The Kier molecular flexibility index (Phi) is 3.37. The van der Waals surface area contributed by atoms with Gasteiger partial charge in [0.05, 0.1) is 0 Å². The first-order chi connectivity index (χ1) is 6.71. The molecule has 0 aliphatic heterocycles. The third kappa shape index (κ3) is 3.44. The van der Waals surface area contributed by atoms with Gasteiger partial charge >= 0.3 is 20.7 Å². The van der Waals surface area contributed by atoms with Crippen molar-refractivity contribution in [3.8, 4) is 0 Å². The Morgan fingerprint density at radius 3 is 2.40 bits per heavy atom. The van der Waals surface area contributed by atoms with Crippen LogP contribution >= 0.6 is 15.5 Å². The van der Waals surface area contributed by atoms with Crippen molar-refractivity contribution >= 4 is 26.7 Å². The van der Waals surface area contributed by atoms with Crippen molar-refractivity contribution in [3.63, 3.8) is 0 Å². The van der Waals surface area contributed by atoms with Crippen molar-refractivity contribution in [3.05, 3.63) is 12.4 Å². The van der Waals surface area contributed by atoms with Gasteiger partial charge in [0.1, 0.15) is 0 Å². The number of nitrogens with zero attached hydrogens (tertiary/aromatic N) is 2. The topological polar surface area (TPSA) is 159 Å². The van der Waals surface area contributed by atoms with Gasteiger partial charge in [0, 0.05) is 12.4 Å². The number of aliphatic imine (C=N–C) groups is 1. The number of imidazole rings is 1. The van der Waals surface area contributed by atoms with Gasteiger partial charge < -0.3 is 14.8 Å². The number of H-pyrrole nitrogens is 1. The van der Waals surface area contributed by atoms with E-state index in [2.05, 4.69) is 15.0 Å². The van der Waals surface area contributed by atoms with Crippen LogP contribution in [-0.4, -0.2) is 39.6 Å². The summed E-state index contributed by atoms with van der Waals surface area (Å²) in [7, 11) is -9.91. The zero-order valence-electron chi connectivity index (χ0n) is 7.09. The van der Waals surface area contributed by atoms with Crippen molar-refractivity contribution in [2.75, 3.05) is 0 Å². The van der Waals surface area contributed by atoms with E-state index in [0.717, 1.165) is 0 Å². The van der Waals surface area contributed by atoms with Gasteiger partial charge in [-0.15, -0.1) is 0 Å². The minimum atomic E-state index is -5.05. The first-order valence-electron chi connectivity index (χ1n) is 3.43. The monoisotopic (exact) mass is 256 g/mol. The highest BCUT2D eigenvalue weighted by atomic mass is 31.3. The predicted octanol–water partition coefficient (Wildman–Crippen LogP) is -0.686. The summed E-state index contributed by atoms with van der Waals surface area (Å²) in [6.07, 6.45) is 2.55. The molecular weight excluding hydrogens is 248 g/mol. The van der Waals surface area contributed by atoms with Crippen LogP contribution in [0.3, 0.4) is 0 Å². The van der Waals surface area contributed by atoms with Crippen molar-refractivity contribution in [2.45, 2.75) is 0 Å². The molecule has 0 bridgehead atoms. The maximum Gasteiger partial charge on any atom is 0.469 e. The summed E-state index contributed by atoms with van der Waals surface area (Å²) in [5.74, 6) is -0.255. The Bertz CT molecular complexity index is 403. The molecule has 15 heavy (non-hydrogen) atoms. The molecule has 1 aromatic rings. The summed E-state index contributed by atoms with van der Waals surface area (Å²) in [6, 6.07) is 0. The molecule has 0 unspecified atom stereocenters. The second-order valence-corrected chi connectivity index (χ2v) is 5.86. The number of hydrogen-bond acceptors (Lipinski definition) is 6. The van der Waals surface area contributed by atoms with E-state index in [1.165, 1.54) is 12.4 Å². The zero-order valence-corrected chi connectivity index (χ0v) is 8.88. The second kappa shape index (κ2) is 4.07. The highest BCUT2D eigenvalue weighted by Crippen LogP contribution is 2.60. The molecule has 0 aromatic carbocycles. The summed E-state index contributed by atoms with van der Waals surface area (Å²) in [5.41, 5.74) is 0. The van der Waals surface area contributed by atoms with Crippen molar-refractivity contribution < 1.29 is 29.0 Å². The van der Waals surface area contributed by atoms with Crippen LogP contribution in [0.2, 0.25) is 0 Å². The minimum Gasteiger partial charge on any atom is -0.329 e. The molecule has 0 amide bonds. The summed E-state index contributed by atoms with van der Waals surface area (Å²) >= 11 is 0. The van der Waals surface area contributed by atoms with E-state index >= 15 is 0 Å². The largest absolute Gasteiger partial charge is 0.469 e. The molecule has 1 rings (SSSR count). The van der Waals surface area contributed by atoms with Gasteiger partial charge in [-0.25, -0.2) is 9.55 Å². The Balaban J connectivity index is 3.20. The Morgan fingerprint density at radius 2 is 2.07 bits per heavy atom. The molecule has 84 valence electrons. The van der Waals surface area contributed by atoms with Crippen LogP contribution < -0.4 is 0 Å². The van der Waals surface area contributed by atoms with E-state index in [-0.39, 0.29) is 5.95 Å². The standard InChI is InChI=1S/C4H7N3O6P2/c8-14(9,10)4(15(11,12)13)7-3-5-1-2-6-3/h1-2,8-10H,(H2-,5,6,11,12,13)/p+1. The summed E-state index contributed by atoms with van der Waals surface area (Å²) in [6.45, 7) is 0. The number of rotatable bonds is 3. The molecule has 1 aromatic heterocycles. The lowest BCUT2D eigenvalue weighted by atomic mass is 11.0. The van der Waals surface area contributed by atoms with Crippen LogP contribution in [0.5, 0.6) is 0 Å². The molecule has 0 spiro atoms. The van der Waals surface area contributed by atoms with E-state index in [9.17, 15) is 4.57 Å². The van der Waals surface area contributed by atoms with E-state index in [1.807, 2.05) is 0 Å². The van der Waals surface area contributed by atoms with E-state index in [1.54, 1.807) is 0 Å². The molecule has 0 aliphatic carbocycles. The van der Waals surface area contributed by atoms with Crippen LogP contribution in [0.1, 0.15) is 0 Å². The average molecular weight is 256 g/mol. The van der Waals surface area contributed by atoms with Gasteiger partial charge in [-0.05, 0) is 0 Å². The maximum absolute atomic E-state index is 10.8. The van der Waals surface area contributed by atoms with Crippen LogP contribution in [-0.2, 0) is 4.57 Å². The Hall–Kier alpha value is -0.660. The number of aromatic amines is 1. The number of aromatic nitrogens is 2. The first-order valence-corrected chi connectivity index (χ1v) is 6.69. The SMILES string of the molecule is O=P(O)(O)C(=Nc1ncc[nH]1)[P+](O)(O)O. The number of nitrogens with one attached hydrogen (secondary N) is 1. The second-order valence-electron chi connectivity index (χ2n) is 2.44. The van der Waals surface area contributed by atoms with E-state index in [4.69, 9.17) is 24.5 Å². The smallest absolute Gasteiger partial charge is 0.329 e. The predicted molar refractivity (Wildman–Crippen MR) is 51.3 cm³/mol. The van der Waals surface area contributed by atoms with Crippen LogP contribution in [0.4, 0.5) is 5.95 Å². The van der Waals surface area contributed by atoms with Gasteiger partial charge in [-0.3, -0.25) is 0 Å². The fourth-order valence-corrected chi connectivity index (χ4v) is 2.57. The summed E-state index contributed by atoms with van der Waals surface area (Å²) in [4.78, 5) is 52.7.